The number of nitrogens with two attached hydrogens (primary N) is 1. The van der Waals surface area contributed by atoms with Crippen LogP contribution in [0.15, 0.2) is 18.2 Å². The van der Waals surface area contributed by atoms with Crippen LogP contribution in [0, 0.1) is 5.92 Å². The van der Waals surface area contributed by atoms with Crippen molar-refractivity contribution in [1.82, 2.24) is 0 Å². The summed E-state index contributed by atoms with van der Waals surface area (Å²) in [6, 6.07) is 6.50. The first-order valence-electron chi connectivity index (χ1n) is 7.66. The molecule has 20 heavy (non-hydrogen) atoms. The summed E-state index contributed by atoms with van der Waals surface area (Å²) in [5.41, 5.74) is 7.42. The third-order valence-corrected chi connectivity index (χ3v) is 4.16. The number of benzene rings is 1. The molecule has 0 radical (unpaired) electrons. The molecule has 4 heteroatoms. The predicted molar refractivity (Wildman–Crippen MR) is 80.6 cm³/mol. The number of rotatable bonds is 3. The van der Waals surface area contributed by atoms with Crippen molar-refractivity contribution in [2.45, 2.75) is 32.2 Å². The predicted octanol–water partition coefficient (Wildman–Crippen LogP) is 2.41. The SMILES string of the molecule is CCCC1CC(N)CN(c2ccc3c(c2)OCCO3)C1. The summed E-state index contributed by atoms with van der Waals surface area (Å²) >= 11 is 0. The van der Waals surface area contributed by atoms with Gasteiger partial charge in [-0.15, -0.1) is 0 Å². The Bertz CT molecular complexity index is 464. The number of hydrogen-bond acceptors (Lipinski definition) is 4. The van der Waals surface area contributed by atoms with E-state index in [4.69, 9.17) is 15.2 Å². The Morgan fingerprint density at radius 2 is 2.00 bits per heavy atom. The van der Waals surface area contributed by atoms with Gasteiger partial charge in [-0.25, -0.2) is 0 Å². The van der Waals surface area contributed by atoms with Crippen LogP contribution in [0.4, 0.5) is 5.69 Å². The monoisotopic (exact) mass is 276 g/mol. The summed E-state index contributed by atoms with van der Waals surface area (Å²) in [5.74, 6) is 2.42. The van der Waals surface area contributed by atoms with E-state index >= 15 is 0 Å². The largest absolute Gasteiger partial charge is 0.486 e. The fourth-order valence-corrected chi connectivity index (χ4v) is 3.30. The van der Waals surface area contributed by atoms with E-state index in [0.717, 1.165) is 31.0 Å². The Kier molecular flexibility index (Phi) is 4.01. The molecule has 2 aliphatic heterocycles. The molecule has 0 amide bonds. The summed E-state index contributed by atoms with van der Waals surface area (Å²) in [4.78, 5) is 2.40. The fourth-order valence-electron chi connectivity index (χ4n) is 3.30. The maximum atomic E-state index is 6.22. The zero-order valence-corrected chi connectivity index (χ0v) is 12.2. The summed E-state index contributed by atoms with van der Waals surface area (Å²) in [6.45, 7) is 5.55. The zero-order chi connectivity index (χ0) is 13.9. The van der Waals surface area contributed by atoms with Gasteiger partial charge in [-0.3, -0.25) is 0 Å². The van der Waals surface area contributed by atoms with Gasteiger partial charge in [0.25, 0.3) is 0 Å². The van der Waals surface area contributed by atoms with Crippen LogP contribution >= 0.6 is 0 Å². The first kappa shape index (κ1) is 13.6. The lowest BCUT2D eigenvalue weighted by molar-refractivity contribution is 0.171. The van der Waals surface area contributed by atoms with Gasteiger partial charge in [0, 0.05) is 30.9 Å². The Balaban J connectivity index is 1.77. The number of anilines is 1. The van der Waals surface area contributed by atoms with E-state index in [-0.39, 0.29) is 6.04 Å². The van der Waals surface area contributed by atoms with Gasteiger partial charge in [0.2, 0.25) is 0 Å². The van der Waals surface area contributed by atoms with Crippen LogP contribution in [0.1, 0.15) is 26.2 Å². The van der Waals surface area contributed by atoms with Crippen molar-refractivity contribution in [3.05, 3.63) is 18.2 Å². The third kappa shape index (κ3) is 2.85. The van der Waals surface area contributed by atoms with E-state index in [2.05, 4.69) is 24.0 Å². The molecule has 2 atom stereocenters. The summed E-state index contributed by atoms with van der Waals surface area (Å²) in [7, 11) is 0. The molecule has 1 aromatic rings. The molecule has 1 saturated heterocycles. The molecule has 2 heterocycles. The lowest BCUT2D eigenvalue weighted by Gasteiger charge is -2.38. The lowest BCUT2D eigenvalue weighted by atomic mass is 9.90. The second-order valence-corrected chi connectivity index (χ2v) is 5.88. The maximum Gasteiger partial charge on any atom is 0.163 e. The standard InChI is InChI=1S/C16H24N2O2/c1-2-3-12-8-13(17)11-18(10-12)14-4-5-15-16(9-14)20-7-6-19-15/h4-5,9,12-13H,2-3,6-8,10-11,17H2,1H3. The maximum absolute atomic E-state index is 6.22. The molecule has 0 aliphatic carbocycles. The van der Waals surface area contributed by atoms with Crippen molar-refractivity contribution in [2.24, 2.45) is 11.7 Å². The molecular weight excluding hydrogens is 252 g/mol. The molecule has 2 N–H and O–H groups in total. The summed E-state index contributed by atoms with van der Waals surface area (Å²) in [6.07, 6.45) is 3.63. The molecular formula is C16H24N2O2. The highest BCUT2D eigenvalue weighted by Crippen LogP contribution is 2.35. The van der Waals surface area contributed by atoms with Gasteiger partial charge in [-0.2, -0.15) is 0 Å². The van der Waals surface area contributed by atoms with Crippen molar-refractivity contribution in [3.8, 4) is 11.5 Å². The number of piperidine rings is 1. The molecule has 0 bridgehead atoms. The van der Waals surface area contributed by atoms with Crippen molar-refractivity contribution >= 4 is 5.69 Å². The van der Waals surface area contributed by atoms with E-state index in [1.54, 1.807) is 0 Å². The number of fused-ring (bicyclic) bond motifs is 1. The van der Waals surface area contributed by atoms with E-state index < -0.39 is 0 Å². The first-order valence-corrected chi connectivity index (χ1v) is 7.66. The highest BCUT2D eigenvalue weighted by atomic mass is 16.6. The van der Waals surface area contributed by atoms with Crippen molar-refractivity contribution in [1.29, 1.82) is 0 Å². The minimum absolute atomic E-state index is 0.272. The second-order valence-electron chi connectivity index (χ2n) is 5.88. The Morgan fingerprint density at radius 1 is 1.20 bits per heavy atom. The van der Waals surface area contributed by atoms with Crippen LogP contribution in [0.25, 0.3) is 0 Å². The number of nitrogens with zero attached hydrogens (tertiary/aromatic N) is 1. The third-order valence-electron chi connectivity index (χ3n) is 4.16. The summed E-state index contributed by atoms with van der Waals surface area (Å²) in [5, 5.41) is 0. The Morgan fingerprint density at radius 3 is 2.80 bits per heavy atom. The topological polar surface area (TPSA) is 47.7 Å². The first-order chi connectivity index (χ1) is 9.76. The van der Waals surface area contributed by atoms with Crippen LogP contribution in [0.5, 0.6) is 11.5 Å². The molecule has 2 unspecified atom stereocenters. The Hall–Kier alpha value is -1.42. The van der Waals surface area contributed by atoms with Crippen LogP contribution in [-0.4, -0.2) is 32.3 Å². The van der Waals surface area contributed by atoms with E-state index in [1.807, 2.05) is 6.07 Å². The number of hydrogen-bond donors (Lipinski definition) is 1. The van der Waals surface area contributed by atoms with Crippen LogP contribution in [0.3, 0.4) is 0 Å². The molecule has 2 aliphatic rings. The van der Waals surface area contributed by atoms with Crippen LogP contribution in [-0.2, 0) is 0 Å². The molecule has 0 saturated carbocycles. The van der Waals surface area contributed by atoms with Gasteiger partial charge in [-0.1, -0.05) is 13.3 Å². The van der Waals surface area contributed by atoms with E-state index in [9.17, 15) is 0 Å². The average molecular weight is 276 g/mol. The molecule has 0 aromatic heterocycles. The van der Waals surface area contributed by atoms with Gasteiger partial charge in [0.05, 0.1) is 0 Å². The number of ether oxygens (including phenoxy) is 2. The highest BCUT2D eigenvalue weighted by molar-refractivity contribution is 5.57. The van der Waals surface area contributed by atoms with E-state index in [1.165, 1.54) is 18.5 Å². The van der Waals surface area contributed by atoms with Gasteiger partial charge >= 0.3 is 0 Å². The average Bonchev–Trinajstić information content (AvgIpc) is 2.46. The quantitative estimate of drug-likeness (QED) is 0.921. The van der Waals surface area contributed by atoms with Gasteiger partial charge in [0.15, 0.2) is 11.5 Å². The molecule has 1 fully saturated rings. The lowest BCUT2D eigenvalue weighted by Crippen LogP contribution is -2.47. The van der Waals surface area contributed by atoms with Gasteiger partial charge in [0.1, 0.15) is 13.2 Å². The van der Waals surface area contributed by atoms with Crippen LogP contribution < -0.4 is 20.1 Å². The van der Waals surface area contributed by atoms with E-state index in [0.29, 0.717) is 19.1 Å². The van der Waals surface area contributed by atoms with Gasteiger partial charge < -0.3 is 20.1 Å². The second kappa shape index (κ2) is 5.92. The smallest absolute Gasteiger partial charge is 0.163 e. The van der Waals surface area contributed by atoms with Crippen molar-refractivity contribution in [2.75, 3.05) is 31.2 Å². The molecule has 1 aromatic carbocycles. The molecule has 0 spiro atoms. The molecule has 110 valence electrons. The van der Waals surface area contributed by atoms with Crippen molar-refractivity contribution in [3.63, 3.8) is 0 Å². The molecule has 3 rings (SSSR count). The summed E-state index contributed by atoms with van der Waals surface area (Å²) < 4.78 is 11.3. The Labute approximate surface area is 120 Å². The fraction of sp³-hybridized carbons (Fsp3) is 0.625. The van der Waals surface area contributed by atoms with Crippen molar-refractivity contribution < 1.29 is 9.47 Å². The minimum Gasteiger partial charge on any atom is -0.486 e. The highest BCUT2D eigenvalue weighted by Gasteiger charge is 2.25. The van der Waals surface area contributed by atoms with Crippen LogP contribution in [0.2, 0.25) is 0 Å². The molecule has 4 nitrogen and oxygen atoms in total. The minimum atomic E-state index is 0.272. The van der Waals surface area contributed by atoms with Gasteiger partial charge in [-0.05, 0) is 30.9 Å². The zero-order valence-electron chi connectivity index (χ0n) is 12.2. The normalized spacial score (nSPS) is 25.6.